The van der Waals surface area contributed by atoms with Gasteiger partial charge in [0.25, 0.3) is 0 Å². The lowest BCUT2D eigenvalue weighted by Crippen LogP contribution is -2.45. The molecule has 1 unspecified atom stereocenters. The van der Waals surface area contributed by atoms with Gasteiger partial charge in [-0.25, -0.2) is 0 Å². The molecule has 1 aromatic rings. The first-order chi connectivity index (χ1) is 8.70. The van der Waals surface area contributed by atoms with E-state index in [1.807, 2.05) is 11.3 Å². The quantitative estimate of drug-likeness (QED) is 0.850. The Hall–Kier alpha value is -0.380. The predicted molar refractivity (Wildman–Crippen MR) is 80.3 cm³/mol. The van der Waals surface area contributed by atoms with Gasteiger partial charge >= 0.3 is 0 Å². The van der Waals surface area contributed by atoms with Crippen molar-refractivity contribution in [2.45, 2.75) is 58.7 Å². The van der Waals surface area contributed by atoms with Crippen LogP contribution < -0.4 is 5.32 Å². The van der Waals surface area contributed by atoms with Crippen LogP contribution in [0.25, 0.3) is 0 Å². The van der Waals surface area contributed by atoms with Gasteiger partial charge in [-0.1, -0.05) is 27.2 Å². The van der Waals surface area contributed by atoms with E-state index >= 15 is 0 Å². The molecular weight excluding hydrogens is 240 g/mol. The Kier molecular flexibility index (Phi) is 5.22. The zero-order chi connectivity index (χ0) is 13.0. The Bertz CT molecular complexity index is 359. The predicted octanol–water partition coefficient (Wildman–Crippen LogP) is 3.27. The van der Waals surface area contributed by atoms with E-state index in [-0.39, 0.29) is 0 Å². The second kappa shape index (κ2) is 6.69. The van der Waals surface area contributed by atoms with Crippen LogP contribution in [0, 0.1) is 0 Å². The fourth-order valence-corrected chi connectivity index (χ4v) is 3.59. The summed E-state index contributed by atoms with van der Waals surface area (Å²) < 4.78 is 0. The molecule has 0 saturated carbocycles. The van der Waals surface area contributed by atoms with Crippen molar-refractivity contribution in [1.29, 1.82) is 0 Å². The SMILES string of the molecule is CCCC(CNC(C)C)N1CCc2sccc2C1. The van der Waals surface area contributed by atoms with E-state index < -0.39 is 0 Å². The first kappa shape index (κ1) is 14.0. The fourth-order valence-electron chi connectivity index (χ4n) is 2.70. The third-order valence-electron chi connectivity index (χ3n) is 3.74. The summed E-state index contributed by atoms with van der Waals surface area (Å²) in [5.74, 6) is 0. The van der Waals surface area contributed by atoms with E-state index in [0.29, 0.717) is 12.1 Å². The fraction of sp³-hybridized carbons (Fsp3) is 0.733. The molecule has 3 heteroatoms. The van der Waals surface area contributed by atoms with Crippen LogP contribution in [-0.2, 0) is 13.0 Å². The lowest BCUT2D eigenvalue weighted by molar-refractivity contribution is 0.164. The molecule has 0 aromatic carbocycles. The maximum Gasteiger partial charge on any atom is 0.0248 e. The molecule has 0 amide bonds. The lowest BCUT2D eigenvalue weighted by Gasteiger charge is -2.35. The van der Waals surface area contributed by atoms with E-state index in [4.69, 9.17) is 0 Å². The van der Waals surface area contributed by atoms with Crippen LogP contribution in [0.2, 0.25) is 0 Å². The summed E-state index contributed by atoms with van der Waals surface area (Å²) in [5, 5.41) is 5.85. The Morgan fingerprint density at radius 1 is 1.44 bits per heavy atom. The maximum atomic E-state index is 3.61. The zero-order valence-corrected chi connectivity index (χ0v) is 12.7. The average Bonchev–Trinajstić information content (AvgIpc) is 2.81. The molecule has 1 N–H and O–H groups in total. The highest BCUT2D eigenvalue weighted by Crippen LogP contribution is 2.26. The molecule has 0 aliphatic carbocycles. The Labute approximate surface area is 115 Å². The monoisotopic (exact) mass is 266 g/mol. The minimum absolute atomic E-state index is 0.589. The molecule has 0 spiro atoms. The van der Waals surface area contributed by atoms with Gasteiger partial charge in [-0.05, 0) is 29.9 Å². The molecule has 0 saturated heterocycles. The van der Waals surface area contributed by atoms with Crippen LogP contribution >= 0.6 is 11.3 Å². The van der Waals surface area contributed by atoms with Crippen LogP contribution in [-0.4, -0.2) is 30.1 Å². The van der Waals surface area contributed by atoms with Gasteiger partial charge in [-0.2, -0.15) is 0 Å². The Morgan fingerprint density at radius 2 is 2.28 bits per heavy atom. The molecule has 1 aromatic heterocycles. The molecule has 0 radical (unpaired) electrons. The molecule has 0 bridgehead atoms. The zero-order valence-electron chi connectivity index (χ0n) is 11.9. The third-order valence-corrected chi connectivity index (χ3v) is 4.76. The topological polar surface area (TPSA) is 15.3 Å². The molecule has 2 rings (SSSR count). The van der Waals surface area contributed by atoms with E-state index in [1.54, 1.807) is 10.4 Å². The first-order valence-corrected chi connectivity index (χ1v) is 8.11. The maximum absolute atomic E-state index is 3.61. The van der Waals surface area contributed by atoms with Crippen LogP contribution in [0.3, 0.4) is 0 Å². The van der Waals surface area contributed by atoms with E-state index in [0.717, 1.165) is 13.1 Å². The highest BCUT2D eigenvalue weighted by atomic mass is 32.1. The number of fused-ring (bicyclic) bond motifs is 1. The van der Waals surface area contributed by atoms with Crippen molar-refractivity contribution >= 4 is 11.3 Å². The number of hydrogen-bond donors (Lipinski definition) is 1. The highest BCUT2D eigenvalue weighted by Gasteiger charge is 2.23. The summed E-state index contributed by atoms with van der Waals surface area (Å²) in [6, 6.07) is 3.60. The van der Waals surface area contributed by atoms with Crippen molar-refractivity contribution in [2.24, 2.45) is 0 Å². The highest BCUT2D eigenvalue weighted by molar-refractivity contribution is 7.10. The molecule has 1 aliphatic heterocycles. The van der Waals surface area contributed by atoms with Crippen LogP contribution in [0.5, 0.6) is 0 Å². The van der Waals surface area contributed by atoms with Crippen molar-refractivity contribution in [2.75, 3.05) is 13.1 Å². The number of nitrogens with one attached hydrogen (secondary N) is 1. The van der Waals surface area contributed by atoms with Gasteiger partial charge in [-0.15, -0.1) is 11.3 Å². The van der Waals surface area contributed by atoms with Gasteiger partial charge < -0.3 is 5.32 Å². The van der Waals surface area contributed by atoms with Gasteiger partial charge in [0, 0.05) is 36.6 Å². The van der Waals surface area contributed by atoms with Crippen molar-refractivity contribution in [3.63, 3.8) is 0 Å². The smallest absolute Gasteiger partial charge is 0.0248 e. The number of thiophene rings is 1. The van der Waals surface area contributed by atoms with Gasteiger partial charge in [0.2, 0.25) is 0 Å². The second-order valence-corrected chi connectivity index (χ2v) is 6.60. The number of nitrogens with zero attached hydrogens (tertiary/aromatic N) is 1. The molecular formula is C15H26N2S. The third kappa shape index (κ3) is 3.56. The van der Waals surface area contributed by atoms with Crippen LogP contribution in [0.4, 0.5) is 0 Å². The normalized spacial score (nSPS) is 18.0. The van der Waals surface area contributed by atoms with Gasteiger partial charge in [0.05, 0.1) is 0 Å². The van der Waals surface area contributed by atoms with E-state index in [2.05, 4.69) is 42.4 Å². The molecule has 1 aliphatic rings. The standard InChI is InChI=1S/C15H26N2S/c1-4-5-14(10-16-12(2)3)17-8-6-15-13(11-17)7-9-18-15/h7,9,12,14,16H,4-6,8,10-11H2,1-3H3. The van der Waals surface area contributed by atoms with Crippen LogP contribution in [0.15, 0.2) is 11.4 Å². The van der Waals surface area contributed by atoms with Crippen molar-refractivity contribution < 1.29 is 0 Å². The van der Waals surface area contributed by atoms with Gasteiger partial charge in [-0.3, -0.25) is 4.90 Å². The minimum atomic E-state index is 0.589. The van der Waals surface area contributed by atoms with Gasteiger partial charge in [0.1, 0.15) is 0 Å². The molecule has 18 heavy (non-hydrogen) atoms. The summed E-state index contributed by atoms with van der Waals surface area (Å²) in [7, 11) is 0. The second-order valence-electron chi connectivity index (χ2n) is 5.59. The number of rotatable bonds is 6. The summed E-state index contributed by atoms with van der Waals surface area (Å²) in [4.78, 5) is 4.28. The van der Waals surface area contributed by atoms with Crippen molar-refractivity contribution in [3.8, 4) is 0 Å². The van der Waals surface area contributed by atoms with Crippen LogP contribution in [0.1, 0.15) is 44.1 Å². The first-order valence-electron chi connectivity index (χ1n) is 7.23. The lowest BCUT2D eigenvalue weighted by atomic mass is 10.0. The summed E-state index contributed by atoms with van der Waals surface area (Å²) in [6.07, 6.45) is 3.82. The summed E-state index contributed by atoms with van der Waals surface area (Å²) in [5.41, 5.74) is 1.57. The molecule has 0 fully saturated rings. The summed E-state index contributed by atoms with van der Waals surface area (Å²) >= 11 is 1.93. The van der Waals surface area contributed by atoms with Crippen molar-refractivity contribution in [1.82, 2.24) is 10.2 Å². The summed E-state index contributed by atoms with van der Waals surface area (Å²) in [6.45, 7) is 10.3. The minimum Gasteiger partial charge on any atom is -0.313 e. The Balaban J connectivity index is 1.95. The van der Waals surface area contributed by atoms with E-state index in [1.165, 1.54) is 25.8 Å². The largest absolute Gasteiger partial charge is 0.313 e. The van der Waals surface area contributed by atoms with Crippen molar-refractivity contribution in [3.05, 3.63) is 21.9 Å². The van der Waals surface area contributed by atoms with E-state index in [9.17, 15) is 0 Å². The van der Waals surface area contributed by atoms with Gasteiger partial charge in [0.15, 0.2) is 0 Å². The Morgan fingerprint density at radius 3 is 3.00 bits per heavy atom. The molecule has 2 heterocycles. The molecule has 102 valence electrons. The number of hydrogen-bond acceptors (Lipinski definition) is 3. The average molecular weight is 266 g/mol. The molecule has 2 nitrogen and oxygen atoms in total. The molecule has 1 atom stereocenters.